The zero-order chi connectivity index (χ0) is 14.7. The summed E-state index contributed by atoms with van der Waals surface area (Å²) in [6, 6.07) is 1.87. The summed E-state index contributed by atoms with van der Waals surface area (Å²) in [6.45, 7) is 2.99. The van der Waals surface area contributed by atoms with Crippen LogP contribution in [0.15, 0.2) is 10.6 Å². The van der Waals surface area contributed by atoms with Crippen LogP contribution in [0.25, 0.3) is 10.8 Å². The Morgan fingerprint density at radius 2 is 2.24 bits per heavy atom. The predicted octanol–water partition coefficient (Wildman–Crippen LogP) is 3.10. The van der Waals surface area contributed by atoms with Crippen LogP contribution in [0.2, 0.25) is 0 Å². The van der Waals surface area contributed by atoms with E-state index in [4.69, 9.17) is 15.0 Å². The van der Waals surface area contributed by atoms with Crippen LogP contribution < -0.4 is 5.73 Å². The maximum Gasteiger partial charge on any atom is 0.268 e. The molecule has 0 bridgehead atoms. The second-order valence-electron chi connectivity index (χ2n) is 5.34. The molecule has 2 aromatic rings. The molecule has 2 aromatic heterocycles. The summed E-state index contributed by atoms with van der Waals surface area (Å²) in [5.74, 6) is 1.09. The van der Waals surface area contributed by atoms with Crippen molar-refractivity contribution in [1.82, 2.24) is 10.1 Å². The molecule has 114 valence electrons. The minimum absolute atomic E-state index is 0.333. The molecule has 5 nitrogen and oxygen atoms in total. The fourth-order valence-corrected chi connectivity index (χ4v) is 3.75. The van der Waals surface area contributed by atoms with E-state index in [1.165, 1.54) is 36.1 Å². The topological polar surface area (TPSA) is 74.2 Å². The lowest BCUT2D eigenvalue weighted by Crippen LogP contribution is -2.18. The molecule has 1 atom stereocenters. The fraction of sp³-hybridized carbons (Fsp3) is 0.600. The zero-order valence-electron chi connectivity index (χ0n) is 12.3. The lowest BCUT2D eigenvalue weighted by Gasteiger charge is -2.05. The third kappa shape index (κ3) is 3.33. The van der Waals surface area contributed by atoms with Gasteiger partial charge in [0.25, 0.3) is 5.89 Å². The molecule has 0 fully saturated rings. The van der Waals surface area contributed by atoms with Crippen molar-refractivity contribution >= 4 is 11.3 Å². The molecule has 0 amide bonds. The van der Waals surface area contributed by atoms with Gasteiger partial charge in [0.05, 0.1) is 17.5 Å². The van der Waals surface area contributed by atoms with Crippen LogP contribution >= 0.6 is 11.3 Å². The Labute approximate surface area is 128 Å². The molecule has 1 aliphatic rings. The fourth-order valence-electron chi connectivity index (χ4n) is 2.58. The average molecular weight is 307 g/mol. The van der Waals surface area contributed by atoms with Crippen LogP contribution in [-0.4, -0.2) is 23.4 Å². The van der Waals surface area contributed by atoms with E-state index in [2.05, 4.69) is 16.2 Å². The first-order chi connectivity index (χ1) is 10.3. The van der Waals surface area contributed by atoms with Crippen molar-refractivity contribution in [2.75, 3.05) is 13.2 Å². The van der Waals surface area contributed by atoms with Crippen molar-refractivity contribution in [3.05, 3.63) is 22.3 Å². The average Bonchev–Trinajstić information content (AvgIpc) is 3.07. The molecule has 1 aliphatic carbocycles. The number of nitrogens with two attached hydrogens (primary N) is 1. The van der Waals surface area contributed by atoms with E-state index in [9.17, 15) is 0 Å². The molecular weight excluding hydrogens is 286 g/mol. The van der Waals surface area contributed by atoms with E-state index in [1.54, 1.807) is 11.3 Å². The first-order valence-electron chi connectivity index (χ1n) is 7.56. The smallest absolute Gasteiger partial charge is 0.268 e. The molecule has 6 heteroatoms. The van der Waals surface area contributed by atoms with Gasteiger partial charge in [-0.2, -0.15) is 4.98 Å². The molecule has 2 heterocycles. The van der Waals surface area contributed by atoms with Gasteiger partial charge in [0, 0.05) is 11.5 Å². The molecule has 0 radical (unpaired) electrons. The van der Waals surface area contributed by atoms with Gasteiger partial charge in [-0.15, -0.1) is 11.3 Å². The maximum absolute atomic E-state index is 5.98. The summed E-state index contributed by atoms with van der Waals surface area (Å²) >= 11 is 1.78. The van der Waals surface area contributed by atoms with Crippen molar-refractivity contribution in [1.29, 1.82) is 0 Å². The molecular formula is C15H21N3O2S. The molecule has 0 saturated heterocycles. The van der Waals surface area contributed by atoms with Gasteiger partial charge < -0.3 is 15.0 Å². The Bertz CT molecular complexity index is 570. The molecule has 0 aromatic carbocycles. The van der Waals surface area contributed by atoms with Crippen LogP contribution in [-0.2, 0) is 17.6 Å². The minimum Gasteiger partial charge on any atom is -0.380 e. The number of aromatic nitrogens is 2. The van der Waals surface area contributed by atoms with E-state index in [0.29, 0.717) is 24.9 Å². The van der Waals surface area contributed by atoms with E-state index in [0.717, 1.165) is 11.3 Å². The summed E-state index contributed by atoms with van der Waals surface area (Å²) in [5, 5.41) is 3.99. The van der Waals surface area contributed by atoms with Crippen LogP contribution in [0.1, 0.15) is 48.5 Å². The monoisotopic (exact) mass is 307 g/mol. The first kappa shape index (κ1) is 14.7. The van der Waals surface area contributed by atoms with Crippen LogP contribution in [0.5, 0.6) is 0 Å². The Kier molecular flexibility index (Phi) is 4.67. The number of nitrogens with zero attached hydrogens (tertiary/aromatic N) is 2. The number of hydrogen-bond acceptors (Lipinski definition) is 6. The SMILES string of the molecule is CCOCC(N)c1noc(-c2cc3c(s2)CCCCC3)n1. The predicted molar refractivity (Wildman–Crippen MR) is 82.3 cm³/mol. The molecule has 0 spiro atoms. The number of rotatable bonds is 5. The van der Waals surface area contributed by atoms with Gasteiger partial charge >= 0.3 is 0 Å². The number of aryl methyl sites for hydroxylation is 2. The number of fused-ring (bicyclic) bond motifs is 1. The van der Waals surface area contributed by atoms with Gasteiger partial charge in [0.15, 0.2) is 5.82 Å². The van der Waals surface area contributed by atoms with Crippen molar-refractivity contribution in [2.24, 2.45) is 5.73 Å². The molecule has 0 aliphatic heterocycles. The summed E-state index contributed by atoms with van der Waals surface area (Å²) in [6.07, 6.45) is 6.22. The maximum atomic E-state index is 5.98. The third-order valence-electron chi connectivity index (χ3n) is 3.73. The number of thiophene rings is 1. The highest BCUT2D eigenvalue weighted by Crippen LogP contribution is 2.34. The Morgan fingerprint density at radius 1 is 1.38 bits per heavy atom. The Morgan fingerprint density at radius 3 is 3.10 bits per heavy atom. The second-order valence-corrected chi connectivity index (χ2v) is 6.48. The van der Waals surface area contributed by atoms with Crippen LogP contribution in [0, 0.1) is 0 Å². The zero-order valence-corrected chi connectivity index (χ0v) is 13.1. The van der Waals surface area contributed by atoms with Crippen molar-refractivity contribution < 1.29 is 9.26 Å². The standard InChI is InChI=1S/C15H21N3O2S/c1-2-19-9-11(16)14-17-15(20-18-14)13-8-10-6-4-3-5-7-12(10)21-13/h8,11H,2-7,9,16H2,1H3. The van der Waals surface area contributed by atoms with Crippen LogP contribution in [0.3, 0.4) is 0 Å². The molecule has 1 unspecified atom stereocenters. The van der Waals surface area contributed by atoms with E-state index in [-0.39, 0.29) is 6.04 Å². The summed E-state index contributed by atoms with van der Waals surface area (Å²) in [5.41, 5.74) is 7.43. The summed E-state index contributed by atoms with van der Waals surface area (Å²) < 4.78 is 10.7. The Balaban J connectivity index is 1.77. The van der Waals surface area contributed by atoms with Crippen LogP contribution in [0.4, 0.5) is 0 Å². The number of ether oxygens (including phenoxy) is 1. The summed E-state index contributed by atoms with van der Waals surface area (Å²) in [4.78, 5) is 6.96. The van der Waals surface area contributed by atoms with Gasteiger partial charge in [0.1, 0.15) is 0 Å². The van der Waals surface area contributed by atoms with Gasteiger partial charge in [-0.05, 0) is 44.2 Å². The third-order valence-corrected chi connectivity index (χ3v) is 4.96. The van der Waals surface area contributed by atoms with Crippen molar-refractivity contribution in [3.63, 3.8) is 0 Å². The minimum atomic E-state index is -0.333. The van der Waals surface area contributed by atoms with Gasteiger partial charge in [0.2, 0.25) is 0 Å². The quantitative estimate of drug-likeness (QED) is 0.859. The van der Waals surface area contributed by atoms with Gasteiger partial charge in [-0.25, -0.2) is 0 Å². The van der Waals surface area contributed by atoms with E-state index < -0.39 is 0 Å². The lowest BCUT2D eigenvalue weighted by molar-refractivity contribution is 0.130. The lowest BCUT2D eigenvalue weighted by atomic mass is 10.1. The van der Waals surface area contributed by atoms with E-state index >= 15 is 0 Å². The molecule has 3 rings (SSSR count). The number of hydrogen-bond donors (Lipinski definition) is 1. The van der Waals surface area contributed by atoms with Gasteiger partial charge in [-0.3, -0.25) is 0 Å². The first-order valence-corrected chi connectivity index (χ1v) is 8.38. The molecule has 0 saturated carbocycles. The van der Waals surface area contributed by atoms with Gasteiger partial charge in [-0.1, -0.05) is 11.6 Å². The molecule has 21 heavy (non-hydrogen) atoms. The molecule has 2 N–H and O–H groups in total. The normalized spacial score (nSPS) is 16.5. The van der Waals surface area contributed by atoms with Crippen molar-refractivity contribution in [2.45, 2.75) is 45.1 Å². The van der Waals surface area contributed by atoms with E-state index in [1.807, 2.05) is 6.92 Å². The summed E-state index contributed by atoms with van der Waals surface area (Å²) in [7, 11) is 0. The Hall–Kier alpha value is -1.24. The van der Waals surface area contributed by atoms with Crippen molar-refractivity contribution in [3.8, 4) is 10.8 Å². The largest absolute Gasteiger partial charge is 0.380 e. The second kappa shape index (κ2) is 6.68. The highest BCUT2D eigenvalue weighted by atomic mass is 32.1. The highest BCUT2D eigenvalue weighted by molar-refractivity contribution is 7.15. The highest BCUT2D eigenvalue weighted by Gasteiger charge is 2.19.